The second-order valence-electron chi connectivity index (χ2n) is 4.54. The fourth-order valence-electron chi connectivity index (χ4n) is 2.55. The molecule has 0 spiro atoms. The third kappa shape index (κ3) is 1.52. The van der Waals surface area contributed by atoms with Gasteiger partial charge < -0.3 is 0 Å². The van der Waals surface area contributed by atoms with Gasteiger partial charge in [0, 0.05) is 5.56 Å². The average Bonchev–Trinajstić information content (AvgIpc) is 2.95. The van der Waals surface area contributed by atoms with Crippen LogP contribution in [0, 0.1) is 0 Å². The van der Waals surface area contributed by atoms with Crippen LogP contribution in [0.2, 0.25) is 0 Å². The SMILES string of the molecule is c1ccc2c(-c3cccc4[nH]nnc34)cccc2c1. The van der Waals surface area contributed by atoms with Crippen molar-refractivity contribution in [2.24, 2.45) is 0 Å². The van der Waals surface area contributed by atoms with E-state index in [1.165, 1.54) is 16.3 Å². The van der Waals surface area contributed by atoms with Crippen molar-refractivity contribution in [3.63, 3.8) is 0 Å². The minimum atomic E-state index is 0.916. The lowest BCUT2D eigenvalue weighted by atomic mass is 9.97. The van der Waals surface area contributed by atoms with Crippen molar-refractivity contribution in [2.45, 2.75) is 0 Å². The van der Waals surface area contributed by atoms with E-state index in [0.29, 0.717) is 0 Å². The number of aromatic amines is 1. The molecule has 1 N–H and O–H groups in total. The first-order valence-electron chi connectivity index (χ1n) is 6.21. The van der Waals surface area contributed by atoms with Crippen LogP contribution in [0.3, 0.4) is 0 Å². The summed E-state index contributed by atoms with van der Waals surface area (Å²) in [5.74, 6) is 0. The number of nitrogens with zero attached hydrogens (tertiary/aromatic N) is 2. The second-order valence-corrected chi connectivity index (χ2v) is 4.54. The van der Waals surface area contributed by atoms with Gasteiger partial charge in [0.05, 0.1) is 5.52 Å². The lowest BCUT2D eigenvalue weighted by molar-refractivity contribution is 0.959. The van der Waals surface area contributed by atoms with Gasteiger partial charge in [-0.25, -0.2) is 0 Å². The van der Waals surface area contributed by atoms with Crippen LogP contribution in [0.5, 0.6) is 0 Å². The summed E-state index contributed by atoms with van der Waals surface area (Å²) < 4.78 is 0. The Labute approximate surface area is 109 Å². The molecule has 19 heavy (non-hydrogen) atoms. The predicted octanol–water partition coefficient (Wildman–Crippen LogP) is 3.78. The third-order valence-electron chi connectivity index (χ3n) is 3.44. The number of benzene rings is 3. The molecule has 0 aliphatic carbocycles. The van der Waals surface area contributed by atoms with Gasteiger partial charge in [0.15, 0.2) is 0 Å². The molecule has 0 saturated heterocycles. The number of hydrogen-bond acceptors (Lipinski definition) is 2. The summed E-state index contributed by atoms with van der Waals surface area (Å²) in [6.07, 6.45) is 0. The molecule has 4 rings (SSSR count). The van der Waals surface area contributed by atoms with Gasteiger partial charge in [-0.1, -0.05) is 59.8 Å². The Hall–Kier alpha value is -2.68. The quantitative estimate of drug-likeness (QED) is 0.554. The third-order valence-corrected chi connectivity index (χ3v) is 3.44. The summed E-state index contributed by atoms with van der Waals surface area (Å²) in [7, 11) is 0. The zero-order chi connectivity index (χ0) is 12.7. The summed E-state index contributed by atoms with van der Waals surface area (Å²) in [5.41, 5.74) is 4.19. The summed E-state index contributed by atoms with van der Waals surface area (Å²) in [5, 5.41) is 13.5. The molecule has 0 fully saturated rings. The smallest absolute Gasteiger partial charge is 0.120 e. The lowest BCUT2D eigenvalue weighted by Crippen LogP contribution is -1.83. The van der Waals surface area contributed by atoms with Gasteiger partial charge in [-0.15, -0.1) is 5.10 Å². The number of nitrogens with one attached hydrogen (secondary N) is 1. The number of hydrogen-bond donors (Lipinski definition) is 1. The van der Waals surface area contributed by atoms with E-state index in [1.54, 1.807) is 0 Å². The van der Waals surface area contributed by atoms with Crippen LogP contribution in [0.15, 0.2) is 60.7 Å². The first-order chi connectivity index (χ1) is 9.43. The molecule has 0 bridgehead atoms. The molecule has 3 aromatic carbocycles. The normalized spacial score (nSPS) is 11.2. The van der Waals surface area contributed by atoms with Gasteiger partial charge >= 0.3 is 0 Å². The molecule has 3 nitrogen and oxygen atoms in total. The number of rotatable bonds is 1. The van der Waals surface area contributed by atoms with Crippen LogP contribution >= 0.6 is 0 Å². The Kier molecular flexibility index (Phi) is 2.12. The van der Waals surface area contributed by atoms with Crippen molar-refractivity contribution < 1.29 is 0 Å². The van der Waals surface area contributed by atoms with Crippen LogP contribution < -0.4 is 0 Å². The zero-order valence-corrected chi connectivity index (χ0v) is 10.2. The first-order valence-corrected chi connectivity index (χ1v) is 6.21. The minimum Gasteiger partial charge on any atom is -0.258 e. The molecule has 0 saturated carbocycles. The van der Waals surface area contributed by atoms with Crippen LogP contribution in [-0.4, -0.2) is 15.4 Å². The molecule has 4 aromatic rings. The minimum absolute atomic E-state index is 0.916. The van der Waals surface area contributed by atoms with Crippen LogP contribution in [0.4, 0.5) is 0 Å². The molecule has 3 heteroatoms. The fourth-order valence-corrected chi connectivity index (χ4v) is 2.55. The number of H-pyrrole nitrogens is 1. The summed E-state index contributed by atoms with van der Waals surface area (Å²) in [4.78, 5) is 0. The molecule has 0 atom stereocenters. The number of aromatic nitrogens is 3. The highest BCUT2D eigenvalue weighted by atomic mass is 15.3. The van der Waals surface area contributed by atoms with Gasteiger partial charge in [0.25, 0.3) is 0 Å². The van der Waals surface area contributed by atoms with Crippen molar-refractivity contribution in [1.29, 1.82) is 0 Å². The summed E-state index contributed by atoms with van der Waals surface area (Å²) >= 11 is 0. The first kappa shape index (κ1) is 10.3. The largest absolute Gasteiger partial charge is 0.258 e. The summed E-state index contributed by atoms with van der Waals surface area (Å²) in [6, 6.07) is 20.8. The molecule has 1 aromatic heterocycles. The topological polar surface area (TPSA) is 41.6 Å². The van der Waals surface area contributed by atoms with Crippen LogP contribution in [0.1, 0.15) is 0 Å². The van der Waals surface area contributed by atoms with E-state index in [0.717, 1.165) is 16.6 Å². The van der Waals surface area contributed by atoms with Crippen LogP contribution in [-0.2, 0) is 0 Å². The maximum absolute atomic E-state index is 4.20. The highest BCUT2D eigenvalue weighted by Crippen LogP contribution is 2.31. The van der Waals surface area contributed by atoms with Crippen molar-refractivity contribution >= 4 is 21.8 Å². The monoisotopic (exact) mass is 245 g/mol. The van der Waals surface area contributed by atoms with E-state index < -0.39 is 0 Å². The Morgan fingerprint density at radius 1 is 0.737 bits per heavy atom. The van der Waals surface area contributed by atoms with Crippen molar-refractivity contribution in [3.05, 3.63) is 60.7 Å². The maximum atomic E-state index is 4.20. The fraction of sp³-hybridized carbons (Fsp3) is 0. The van der Waals surface area contributed by atoms with Crippen LogP contribution in [0.25, 0.3) is 32.9 Å². The van der Waals surface area contributed by atoms with E-state index >= 15 is 0 Å². The van der Waals surface area contributed by atoms with Gasteiger partial charge in [-0.05, 0) is 22.4 Å². The van der Waals surface area contributed by atoms with Gasteiger partial charge in [0.1, 0.15) is 5.52 Å². The lowest BCUT2D eigenvalue weighted by Gasteiger charge is -2.07. The molecule has 0 amide bonds. The molecule has 0 aliphatic rings. The van der Waals surface area contributed by atoms with E-state index in [9.17, 15) is 0 Å². The molecule has 1 heterocycles. The second kappa shape index (κ2) is 3.92. The Morgan fingerprint density at radius 2 is 1.53 bits per heavy atom. The van der Waals surface area contributed by atoms with Crippen molar-refractivity contribution in [2.75, 3.05) is 0 Å². The van der Waals surface area contributed by atoms with E-state index in [2.05, 4.69) is 63.9 Å². The molecular weight excluding hydrogens is 234 g/mol. The van der Waals surface area contributed by atoms with Crippen molar-refractivity contribution in [3.8, 4) is 11.1 Å². The molecule has 0 aliphatic heterocycles. The highest BCUT2D eigenvalue weighted by Gasteiger charge is 2.09. The molecule has 0 radical (unpaired) electrons. The molecule has 0 unspecified atom stereocenters. The molecule has 90 valence electrons. The Morgan fingerprint density at radius 3 is 2.53 bits per heavy atom. The van der Waals surface area contributed by atoms with E-state index in [-0.39, 0.29) is 0 Å². The Balaban J connectivity index is 2.12. The Bertz CT molecular complexity index is 872. The highest BCUT2D eigenvalue weighted by molar-refractivity contribution is 6.03. The van der Waals surface area contributed by atoms with Gasteiger partial charge in [0.2, 0.25) is 0 Å². The van der Waals surface area contributed by atoms with Crippen molar-refractivity contribution in [1.82, 2.24) is 15.4 Å². The summed E-state index contributed by atoms with van der Waals surface area (Å²) in [6.45, 7) is 0. The maximum Gasteiger partial charge on any atom is 0.120 e. The van der Waals surface area contributed by atoms with Gasteiger partial charge in [-0.2, -0.15) is 0 Å². The van der Waals surface area contributed by atoms with E-state index in [1.807, 2.05) is 12.1 Å². The predicted molar refractivity (Wildman–Crippen MR) is 76.8 cm³/mol. The standard InChI is InChI=1S/C16H11N3/c1-2-7-12-11(5-1)6-3-8-13(12)14-9-4-10-15-16(14)18-19-17-15/h1-10H,(H,17,18,19). The zero-order valence-electron chi connectivity index (χ0n) is 10.2. The van der Waals surface area contributed by atoms with Gasteiger partial charge in [-0.3, -0.25) is 5.10 Å². The van der Waals surface area contributed by atoms with E-state index in [4.69, 9.17) is 0 Å². The number of fused-ring (bicyclic) bond motifs is 2. The molecular formula is C16H11N3. The average molecular weight is 245 g/mol.